The molecule has 2 nitrogen and oxygen atoms in total. The van der Waals surface area contributed by atoms with Crippen molar-refractivity contribution in [1.29, 1.82) is 0 Å². The van der Waals surface area contributed by atoms with Gasteiger partial charge in [0.05, 0.1) is 0 Å². The number of hydrogen-bond donors (Lipinski definition) is 1. The maximum Gasteiger partial charge on any atom is 0.255 e. The molecule has 0 saturated carbocycles. The van der Waals surface area contributed by atoms with Gasteiger partial charge in [0.25, 0.3) is 5.56 Å². The Morgan fingerprint density at radius 2 is 2.08 bits per heavy atom. The molecule has 0 bridgehead atoms. The second kappa shape index (κ2) is 3.00. The number of aromatic amines is 1. The van der Waals surface area contributed by atoms with Gasteiger partial charge < -0.3 is 4.98 Å². The second-order valence-electron chi connectivity index (χ2n) is 2.99. The van der Waals surface area contributed by atoms with Gasteiger partial charge in [-0.1, -0.05) is 15.9 Å². The standard InChI is InChI=1S/C10H8BrNO/c1-6-5-12-10(13)8-3-2-7(11)4-9(6)8/h2-5H,1H3,(H,12,13). The van der Waals surface area contributed by atoms with Crippen LogP contribution in [0, 0.1) is 6.92 Å². The molecule has 0 unspecified atom stereocenters. The van der Waals surface area contributed by atoms with Gasteiger partial charge in [-0.2, -0.15) is 0 Å². The summed E-state index contributed by atoms with van der Waals surface area (Å²) in [6.07, 6.45) is 1.73. The lowest BCUT2D eigenvalue weighted by molar-refractivity contribution is 1.24. The Labute approximate surface area is 83.7 Å². The van der Waals surface area contributed by atoms with E-state index in [-0.39, 0.29) is 5.56 Å². The number of rotatable bonds is 0. The summed E-state index contributed by atoms with van der Waals surface area (Å²) in [6.45, 7) is 1.98. The molecule has 2 aromatic rings. The van der Waals surface area contributed by atoms with Crippen molar-refractivity contribution in [2.45, 2.75) is 6.92 Å². The Bertz CT molecular complexity index is 516. The Morgan fingerprint density at radius 3 is 2.85 bits per heavy atom. The van der Waals surface area contributed by atoms with Crippen molar-refractivity contribution in [2.24, 2.45) is 0 Å². The lowest BCUT2D eigenvalue weighted by Crippen LogP contribution is -2.05. The summed E-state index contributed by atoms with van der Waals surface area (Å²) in [5, 5.41) is 1.74. The first kappa shape index (κ1) is 8.51. The van der Waals surface area contributed by atoms with Gasteiger partial charge in [0.15, 0.2) is 0 Å². The van der Waals surface area contributed by atoms with E-state index in [1.165, 1.54) is 0 Å². The minimum Gasteiger partial charge on any atom is -0.328 e. The summed E-state index contributed by atoms with van der Waals surface area (Å²) in [6, 6.07) is 5.65. The number of hydrogen-bond acceptors (Lipinski definition) is 1. The minimum absolute atomic E-state index is 0.0342. The fraction of sp³-hybridized carbons (Fsp3) is 0.100. The Balaban J connectivity index is 3.01. The minimum atomic E-state index is -0.0342. The van der Waals surface area contributed by atoms with Crippen LogP contribution in [0.2, 0.25) is 0 Å². The number of aromatic nitrogens is 1. The van der Waals surface area contributed by atoms with Gasteiger partial charge in [0.1, 0.15) is 0 Å². The molecule has 0 fully saturated rings. The summed E-state index contributed by atoms with van der Waals surface area (Å²) in [5.41, 5.74) is 1.05. The van der Waals surface area contributed by atoms with Crippen molar-refractivity contribution in [1.82, 2.24) is 4.98 Å². The number of benzene rings is 1. The molecule has 0 aliphatic heterocycles. The first-order chi connectivity index (χ1) is 6.18. The van der Waals surface area contributed by atoms with Gasteiger partial charge in [-0.25, -0.2) is 0 Å². The number of nitrogens with one attached hydrogen (secondary N) is 1. The molecule has 0 aliphatic rings. The van der Waals surface area contributed by atoms with E-state index in [2.05, 4.69) is 20.9 Å². The number of fused-ring (bicyclic) bond motifs is 1. The first-order valence-corrected chi connectivity index (χ1v) is 4.75. The summed E-state index contributed by atoms with van der Waals surface area (Å²) in [5.74, 6) is 0. The number of aryl methyl sites for hydroxylation is 1. The largest absolute Gasteiger partial charge is 0.328 e. The molecule has 0 amide bonds. The number of H-pyrrole nitrogens is 1. The van der Waals surface area contributed by atoms with Crippen molar-refractivity contribution >= 4 is 26.7 Å². The van der Waals surface area contributed by atoms with E-state index in [9.17, 15) is 4.79 Å². The molecule has 1 heterocycles. The highest BCUT2D eigenvalue weighted by atomic mass is 79.9. The molecule has 0 saturated heterocycles. The highest BCUT2D eigenvalue weighted by Crippen LogP contribution is 2.19. The lowest BCUT2D eigenvalue weighted by Gasteiger charge is -2.00. The average molecular weight is 238 g/mol. The Hall–Kier alpha value is -1.09. The Kier molecular flexibility index (Phi) is 1.96. The van der Waals surface area contributed by atoms with Crippen LogP contribution in [0.3, 0.4) is 0 Å². The Morgan fingerprint density at radius 1 is 1.31 bits per heavy atom. The molecule has 66 valence electrons. The van der Waals surface area contributed by atoms with Crippen molar-refractivity contribution < 1.29 is 0 Å². The predicted molar refractivity (Wildman–Crippen MR) is 57.0 cm³/mol. The van der Waals surface area contributed by atoms with Crippen LogP contribution in [0.1, 0.15) is 5.56 Å². The molecule has 0 spiro atoms. The maximum absolute atomic E-state index is 11.4. The van der Waals surface area contributed by atoms with Crippen LogP contribution >= 0.6 is 15.9 Å². The van der Waals surface area contributed by atoms with Gasteiger partial charge in [-0.05, 0) is 36.1 Å². The van der Waals surface area contributed by atoms with E-state index in [1.54, 1.807) is 6.20 Å². The van der Waals surface area contributed by atoms with Crippen LogP contribution in [0.5, 0.6) is 0 Å². The van der Waals surface area contributed by atoms with Crippen molar-refractivity contribution in [3.05, 3.63) is 44.8 Å². The van der Waals surface area contributed by atoms with E-state index in [0.717, 1.165) is 20.8 Å². The van der Waals surface area contributed by atoms with Crippen LogP contribution in [0.15, 0.2) is 33.7 Å². The van der Waals surface area contributed by atoms with Crippen LogP contribution in [0.4, 0.5) is 0 Å². The van der Waals surface area contributed by atoms with E-state index >= 15 is 0 Å². The van der Waals surface area contributed by atoms with Crippen LogP contribution in [-0.2, 0) is 0 Å². The zero-order chi connectivity index (χ0) is 9.42. The van der Waals surface area contributed by atoms with Crippen LogP contribution in [-0.4, -0.2) is 4.98 Å². The van der Waals surface area contributed by atoms with Crippen molar-refractivity contribution in [2.75, 3.05) is 0 Å². The third kappa shape index (κ3) is 1.40. The summed E-state index contributed by atoms with van der Waals surface area (Å²) in [4.78, 5) is 14.1. The molecule has 0 radical (unpaired) electrons. The lowest BCUT2D eigenvalue weighted by atomic mass is 10.1. The van der Waals surface area contributed by atoms with Gasteiger partial charge in [0.2, 0.25) is 0 Å². The molecule has 13 heavy (non-hydrogen) atoms. The van der Waals surface area contributed by atoms with Gasteiger partial charge in [0, 0.05) is 16.1 Å². The van der Waals surface area contributed by atoms with Crippen LogP contribution < -0.4 is 5.56 Å². The molecule has 1 aromatic heterocycles. The molecular formula is C10H8BrNO. The molecule has 1 N–H and O–H groups in total. The monoisotopic (exact) mass is 237 g/mol. The highest BCUT2D eigenvalue weighted by molar-refractivity contribution is 9.10. The average Bonchev–Trinajstić information content (AvgIpc) is 2.12. The molecule has 1 aromatic carbocycles. The smallest absolute Gasteiger partial charge is 0.255 e. The first-order valence-electron chi connectivity index (χ1n) is 3.96. The van der Waals surface area contributed by atoms with Gasteiger partial charge >= 0.3 is 0 Å². The van der Waals surface area contributed by atoms with E-state index < -0.39 is 0 Å². The SMILES string of the molecule is Cc1c[nH]c(=O)c2ccc(Br)cc12. The normalized spacial score (nSPS) is 10.6. The summed E-state index contributed by atoms with van der Waals surface area (Å²) < 4.78 is 0.994. The fourth-order valence-corrected chi connectivity index (χ4v) is 1.73. The predicted octanol–water partition coefficient (Wildman–Crippen LogP) is 2.60. The zero-order valence-electron chi connectivity index (χ0n) is 7.10. The molecule has 2 rings (SSSR count). The number of pyridine rings is 1. The second-order valence-corrected chi connectivity index (χ2v) is 3.91. The van der Waals surface area contributed by atoms with E-state index in [1.807, 2.05) is 25.1 Å². The van der Waals surface area contributed by atoms with Gasteiger partial charge in [-0.3, -0.25) is 4.79 Å². The quantitative estimate of drug-likeness (QED) is 0.751. The zero-order valence-corrected chi connectivity index (χ0v) is 8.68. The third-order valence-electron chi connectivity index (χ3n) is 2.07. The molecule has 3 heteroatoms. The van der Waals surface area contributed by atoms with Gasteiger partial charge in [-0.15, -0.1) is 0 Å². The summed E-state index contributed by atoms with van der Waals surface area (Å²) in [7, 11) is 0. The maximum atomic E-state index is 11.4. The number of halogens is 1. The molecule has 0 atom stereocenters. The third-order valence-corrected chi connectivity index (χ3v) is 2.56. The van der Waals surface area contributed by atoms with Crippen molar-refractivity contribution in [3.8, 4) is 0 Å². The van der Waals surface area contributed by atoms with E-state index in [4.69, 9.17) is 0 Å². The fourth-order valence-electron chi connectivity index (χ4n) is 1.37. The summed E-state index contributed by atoms with van der Waals surface area (Å²) >= 11 is 3.38. The topological polar surface area (TPSA) is 32.9 Å². The van der Waals surface area contributed by atoms with Crippen molar-refractivity contribution in [3.63, 3.8) is 0 Å². The molecular weight excluding hydrogens is 230 g/mol. The molecule has 0 aliphatic carbocycles. The van der Waals surface area contributed by atoms with Crippen LogP contribution in [0.25, 0.3) is 10.8 Å². The van der Waals surface area contributed by atoms with E-state index in [0.29, 0.717) is 0 Å². The highest BCUT2D eigenvalue weighted by Gasteiger charge is 2.00.